The second kappa shape index (κ2) is 6.48. The molecule has 0 bridgehead atoms. The number of likely N-dealkylation sites (tertiary alicyclic amines) is 1. The summed E-state index contributed by atoms with van der Waals surface area (Å²) in [5.41, 5.74) is 8.08. The number of carbonyl (C=O) groups excluding carboxylic acids is 2. The van der Waals surface area contributed by atoms with Gasteiger partial charge in [-0.2, -0.15) is 0 Å². The van der Waals surface area contributed by atoms with Crippen molar-refractivity contribution in [2.75, 3.05) is 19.6 Å². The molecule has 0 aromatic heterocycles. The Morgan fingerprint density at radius 3 is 2.68 bits per heavy atom. The molecule has 1 atom stereocenters. The average Bonchev–Trinajstić information content (AvgIpc) is 2.92. The molecule has 3 rings (SSSR count). The van der Waals surface area contributed by atoms with Crippen molar-refractivity contribution < 1.29 is 9.59 Å². The summed E-state index contributed by atoms with van der Waals surface area (Å²) < 4.78 is 0. The molecule has 0 aliphatic carbocycles. The minimum Gasteiger partial charge on any atom is -0.368 e. The van der Waals surface area contributed by atoms with Crippen molar-refractivity contribution in [2.24, 2.45) is 5.73 Å². The van der Waals surface area contributed by atoms with Crippen LogP contribution in [0.15, 0.2) is 24.3 Å². The monoisotopic (exact) mass is 301 g/mol. The molecule has 2 aliphatic heterocycles. The van der Waals surface area contributed by atoms with Crippen LogP contribution in [0.3, 0.4) is 0 Å². The lowest BCUT2D eigenvalue weighted by Crippen LogP contribution is -2.49. The van der Waals surface area contributed by atoms with Crippen molar-refractivity contribution >= 4 is 11.8 Å². The number of amides is 2. The predicted molar refractivity (Wildman–Crippen MR) is 84.0 cm³/mol. The lowest BCUT2D eigenvalue weighted by Gasteiger charge is -2.35. The van der Waals surface area contributed by atoms with Crippen molar-refractivity contribution in [3.8, 4) is 0 Å². The topological polar surface area (TPSA) is 66.6 Å². The number of hydrogen-bond donors (Lipinski definition) is 1. The van der Waals surface area contributed by atoms with E-state index in [0.717, 1.165) is 39.0 Å². The maximum atomic E-state index is 11.8. The van der Waals surface area contributed by atoms with Crippen molar-refractivity contribution in [3.63, 3.8) is 0 Å². The zero-order valence-electron chi connectivity index (χ0n) is 12.8. The zero-order chi connectivity index (χ0) is 15.5. The van der Waals surface area contributed by atoms with Gasteiger partial charge in [0.15, 0.2) is 0 Å². The van der Waals surface area contributed by atoms with Gasteiger partial charge in [0.2, 0.25) is 11.8 Å². The molecule has 1 aromatic carbocycles. The fourth-order valence-electron chi connectivity index (χ4n) is 3.50. The SMILES string of the molecule is NC(=O)[C@@H]1Cc2ccccc2CN1CCCN1CCCC1=O. The van der Waals surface area contributed by atoms with Crippen LogP contribution in [0.1, 0.15) is 30.4 Å². The first kappa shape index (κ1) is 15.0. The minimum atomic E-state index is -0.258. The van der Waals surface area contributed by atoms with Gasteiger partial charge in [0, 0.05) is 32.6 Å². The third-order valence-electron chi connectivity index (χ3n) is 4.72. The smallest absolute Gasteiger partial charge is 0.235 e. The van der Waals surface area contributed by atoms with Crippen LogP contribution in [-0.2, 0) is 22.6 Å². The van der Waals surface area contributed by atoms with E-state index in [1.54, 1.807) is 0 Å². The first-order chi connectivity index (χ1) is 10.6. The zero-order valence-corrected chi connectivity index (χ0v) is 12.8. The van der Waals surface area contributed by atoms with Crippen molar-refractivity contribution in [2.45, 2.75) is 38.3 Å². The van der Waals surface area contributed by atoms with E-state index < -0.39 is 0 Å². The van der Waals surface area contributed by atoms with E-state index >= 15 is 0 Å². The van der Waals surface area contributed by atoms with Gasteiger partial charge < -0.3 is 10.6 Å². The lowest BCUT2D eigenvalue weighted by molar-refractivity contribution is -0.128. The molecule has 1 fully saturated rings. The Kier molecular flexibility index (Phi) is 4.43. The van der Waals surface area contributed by atoms with Crippen LogP contribution in [-0.4, -0.2) is 47.3 Å². The third kappa shape index (κ3) is 3.14. The Bertz CT molecular complexity index is 573. The van der Waals surface area contributed by atoms with Crippen molar-refractivity contribution in [3.05, 3.63) is 35.4 Å². The van der Waals surface area contributed by atoms with Crippen LogP contribution in [0.4, 0.5) is 0 Å². The maximum Gasteiger partial charge on any atom is 0.235 e. The summed E-state index contributed by atoms with van der Waals surface area (Å²) in [6.45, 7) is 3.22. The number of benzene rings is 1. The quantitative estimate of drug-likeness (QED) is 0.879. The highest BCUT2D eigenvalue weighted by Crippen LogP contribution is 2.23. The fraction of sp³-hybridized carbons (Fsp3) is 0.529. The van der Waals surface area contributed by atoms with Gasteiger partial charge in [-0.05, 0) is 30.4 Å². The summed E-state index contributed by atoms with van der Waals surface area (Å²) in [6.07, 6.45) is 3.23. The molecule has 1 aromatic rings. The van der Waals surface area contributed by atoms with E-state index in [9.17, 15) is 9.59 Å². The standard InChI is InChI=1S/C17H23N3O2/c18-17(22)15-11-13-5-1-2-6-14(13)12-20(15)10-4-9-19-8-3-7-16(19)21/h1-2,5-6,15H,3-4,7-12H2,(H2,18,22)/t15-/m0/s1. The highest BCUT2D eigenvalue weighted by Gasteiger charge is 2.29. The highest BCUT2D eigenvalue weighted by molar-refractivity contribution is 5.80. The second-order valence-corrected chi connectivity index (χ2v) is 6.20. The lowest BCUT2D eigenvalue weighted by atomic mass is 9.93. The Balaban J connectivity index is 1.61. The molecule has 0 spiro atoms. The molecule has 0 radical (unpaired) electrons. The van der Waals surface area contributed by atoms with E-state index in [1.807, 2.05) is 17.0 Å². The second-order valence-electron chi connectivity index (χ2n) is 6.20. The van der Waals surface area contributed by atoms with E-state index in [2.05, 4.69) is 17.0 Å². The van der Waals surface area contributed by atoms with Gasteiger partial charge in [0.05, 0.1) is 6.04 Å². The Morgan fingerprint density at radius 1 is 1.23 bits per heavy atom. The number of primary amides is 1. The molecule has 2 aliphatic rings. The first-order valence-electron chi connectivity index (χ1n) is 8.03. The normalized spacial score (nSPS) is 21.9. The molecule has 22 heavy (non-hydrogen) atoms. The van der Waals surface area contributed by atoms with Gasteiger partial charge in [-0.15, -0.1) is 0 Å². The number of hydrogen-bond acceptors (Lipinski definition) is 3. The minimum absolute atomic E-state index is 0.232. The number of nitrogens with two attached hydrogens (primary N) is 1. The molecule has 0 saturated carbocycles. The number of carbonyl (C=O) groups is 2. The summed E-state index contributed by atoms with van der Waals surface area (Å²) in [5.74, 6) is 0.00203. The number of rotatable bonds is 5. The molecule has 2 N–H and O–H groups in total. The van der Waals surface area contributed by atoms with Crippen LogP contribution >= 0.6 is 0 Å². The predicted octanol–water partition coefficient (Wildman–Crippen LogP) is 0.911. The number of fused-ring (bicyclic) bond motifs is 1. The van der Waals surface area contributed by atoms with Gasteiger partial charge in [-0.3, -0.25) is 14.5 Å². The molecule has 118 valence electrons. The van der Waals surface area contributed by atoms with E-state index in [0.29, 0.717) is 12.8 Å². The first-order valence-corrected chi connectivity index (χ1v) is 8.03. The van der Waals surface area contributed by atoms with Gasteiger partial charge in [-0.25, -0.2) is 0 Å². The fourth-order valence-corrected chi connectivity index (χ4v) is 3.50. The van der Waals surface area contributed by atoms with E-state index in [1.165, 1.54) is 11.1 Å². The van der Waals surface area contributed by atoms with Crippen LogP contribution in [0, 0.1) is 0 Å². The Morgan fingerprint density at radius 2 is 2.00 bits per heavy atom. The largest absolute Gasteiger partial charge is 0.368 e. The van der Waals surface area contributed by atoms with E-state index in [-0.39, 0.29) is 17.9 Å². The van der Waals surface area contributed by atoms with Gasteiger partial charge in [0.1, 0.15) is 0 Å². The average molecular weight is 301 g/mol. The van der Waals surface area contributed by atoms with Crippen molar-refractivity contribution in [1.82, 2.24) is 9.80 Å². The Hall–Kier alpha value is -1.88. The van der Waals surface area contributed by atoms with Gasteiger partial charge in [-0.1, -0.05) is 24.3 Å². The summed E-state index contributed by atoms with van der Waals surface area (Å²) in [6, 6.07) is 8.00. The maximum absolute atomic E-state index is 11.8. The van der Waals surface area contributed by atoms with Crippen LogP contribution in [0.25, 0.3) is 0 Å². The summed E-state index contributed by atoms with van der Waals surface area (Å²) in [7, 11) is 0. The summed E-state index contributed by atoms with van der Waals surface area (Å²) >= 11 is 0. The molecular weight excluding hydrogens is 278 g/mol. The molecule has 0 unspecified atom stereocenters. The molecule has 1 saturated heterocycles. The molecular formula is C17H23N3O2. The van der Waals surface area contributed by atoms with Gasteiger partial charge >= 0.3 is 0 Å². The highest BCUT2D eigenvalue weighted by atomic mass is 16.2. The van der Waals surface area contributed by atoms with Crippen LogP contribution in [0.5, 0.6) is 0 Å². The van der Waals surface area contributed by atoms with Gasteiger partial charge in [0.25, 0.3) is 0 Å². The van der Waals surface area contributed by atoms with E-state index in [4.69, 9.17) is 5.73 Å². The third-order valence-corrected chi connectivity index (χ3v) is 4.72. The summed E-state index contributed by atoms with van der Waals surface area (Å²) in [5, 5.41) is 0. The number of nitrogens with zero attached hydrogens (tertiary/aromatic N) is 2. The molecule has 5 nitrogen and oxygen atoms in total. The summed E-state index contributed by atoms with van der Waals surface area (Å²) in [4.78, 5) is 27.5. The molecule has 2 amide bonds. The van der Waals surface area contributed by atoms with Crippen LogP contribution < -0.4 is 5.73 Å². The Labute approximate surface area is 131 Å². The van der Waals surface area contributed by atoms with Crippen LogP contribution in [0.2, 0.25) is 0 Å². The molecule has 5 heteroatoms. The van der Waals surface area contributed by atoms with Crippen molar-refractivity contribution in [1.29, 1.82) is 0 Å². The molecule has 2 heterocycles.